The third-order valence-corrected chi connectivity index (χ3v) is 1.52. The van der Waals surface area contributed by atoms with Gasteiger partial charge in [-0.05, 0) is 19.1 Å². The minimum Gasteiger partial charge on any atom is -0.298 e. The molecule has 0 aromatic rings. The van der Waals surface area contributed by atoms with Crippen LogP contribution in [0, 0.1) is 5.92 Å². The molecule has 0 aromatic heterocycles. The maximum Gasteiger partial charge on any atom is 0.241 e. The van der Waals surface area contributed by atoms with E-state index in [9.17, 15) is 8.78 Å². The molecule has 1 heterocycles. The first kappa shape index (κ1) is 6.65. The van der Waals surface area contributed by atoms with Crippen molar-refractivity contribution in [2.75, 3.05) is 6.54 Å². The molecule has 0 amide bonds. The van der Waals surface area contributed by atoms with Gasteiger partial charge in [-0.1, -0.05) is 0 Å². The summed E-state index contributed by atoms with van der Waals surface area (Å²) in [7, 11) is 0. The van der Waals surface area contributed by atoms with E-state index >= 15 is 0 Å². The van der Waals surface area contributed by atoms with E-state index in [4.69, 9.17) is 0 Å². The van der Waals surface area contributed by atoms with Crippen LogP contribution >= 0.6 is 0 Å². The zero-order chi connectivity index (χ0) is 6.69. The van der Waals surface area contributed by atoms with Gasteiger partial charge in [0.15, 0.2) is 0 Å². The zero-order valence-electron chi connectivity index (χ0n) is 5.06. The summed E-state index contributed by atoms with van der Waals surface area (Å²) < 4.78 is 23.7. The average Bonchev–Trinajstić information content (AvgIpc) is 1.90. The summed E-state index contributed by atoms with van der Waals surface area (Å²) in [6.07, 6.45) is 0.448. The molecule has 1 nitrogen and oxygen atoms in total. The normalized spacial score (nSPS) is 27.2. The Kier molecular flexibility index (Phi) is 2.14. The molecule has 1 rings (SSSR count). The first-order valence-corrected chi connectivity index (χ1v) is 3.07. The van der Waals surface area contributed by atoms with Crippen molar-refractivity contribution in [3.63, 3.8) is 0 Å². The van der Waals surface area contributed by atoms with E-state index in [1.807, 2.05) is 0 Å². The molecule has 9 heavy (non-hydrogen) atoms. The zero-order valence-corrected chi connectivity index (χ0v) is 5.06. The maximum atomic E-state index is 11.9. The molecule has 1 atom stereocenters. The Labute approximate surface area is 52.8 Å². The summed E-state index contributed by atoms with van der Waals surface area (Å²) in [5.41, 5.74) is 0. The maximum absolute atomic E-state index is 11.9. The van der Waals surface area contributed by atoms with Crippen LogP contribution < -0.4 is 0 Å². The highest BCUT2D eigenvalue weighted by Crippen LogP contribution is 2.19. The lowest BCUT2D eigenvalue weighted by Crippen LogP contribution is -2.16. The second kappa shape index (κ2) is 2.90. The highest BCUT2D eigenvalue weighted by atomic mass is 19.3. The minimum atomic E-state index is -2.16. The van der Waals surface area contributed by atoms with Crippen LogP contribution in [0.4, 0.5) is 8.78 Å². The standard InChI is InChI=1S/C6H9F2N/c7-6(8)5-1-3-9-4-2-5/h3,5-6H,1-2,4H2. The highest BCUT2D eigenvalue weighted by Gasteiger charge is 2.20. The number of nitrogens with zero attached hydrogens (tertiary/aromatic N) is 1. The summed E-state index contributed by atoms with van der Waals surface area (Å²) in [5.74, 6) is -0.428. The quantitative estimate of drug-likeness (QED) is 0.516. The van der Waals surface area contributed by atoms with Crippen LogP contribution in [-0.4, -0.2) is 19.2 Å². The fourth-order valence-corrected chi connectivity index (χ4v) is 0.888. The van der Waals surface area contributed by atoms with Crippen LogP contribution in [0.1, 0.15) is 12.8 Å². The molecule has 1 unspecified atom stereocenters. The second-order valence-corrected chi connectivity index (χ2v) is 2.21. The third kappa shape index (κ3) is 1.73. The third-order valence-electron chi connectivity index (χ3n) is 1.52. The molecular formula is C6H9F2N. The number of aliphatic imine (C=N–C) groups is 1. The van der Waals surface area contributed by atoms with Crippen LogP contribution in [-0.2, 0) is 0 Å². The van der Waals surface area contributed by atoms with Gasteiger partial charge in [0.25, 0.3) is 0 Å². The smallest absolute Gasteiger partial charge is 0.241 e. The molecule has 0 saturated carbocycles. The summed E-state index contributed by atoms with van der Waals surface area (Å²) in [5, 5.41) is 0. The SMILES string of the molecule is FC(F)C1CC=NCC1. The van der Waals surface area contributed by atoms with Gasteiger partial charge in [0.1, 0.15) is 0 Å². The van der Waals surface area contributed by atoms with Crippen molar-refractivity contribution >= 4 is 6.21 Å². The molecular weight excluding hydrogens is 124 g/mol. The predicted octanol–water partition coefficient (Wildman–Crippen LogP) is 1.73. The van der Waals surface area contributed by atoms with Crippen molar-refractivity contribution in [1.82, 2.24) is 0 Å². The van der Waals surface area contributed by atoms with Gasteiger partial charge in [-0.3, -0.25) is 4.99 Å². The van der Waals surface area contributed by atoms with Crippen molar-refractivity contribution in [2.45, 2.75) is 19.3 Å². The lowest BCUT2D eigenvalue weighted by Gasteiger charge is -2.14. The molecule has 0 fully saturated rings. The Balaban J connectivity index is 2.35. The molecule has 1 aliphatic rings. The minimum absolute atomic E-state index is 0.428. The summed E-state index contributed by atoms with van der Waals surface area (Å²) in [6, 6.07) is 0. The number of alkyl halides is 2. The Morgan fingerprint density at radius 3 is 2.67 bits per heavy atom. The average molecular weight is 133 g/mol. The van der Waals surface area contributed by atoms with Crippen molar-refractivity contribution in [2.24, 2.45) is 10.9 Å². The van der Waals surface area contributed by atoms with Gasteiger partial charge in [0, 0.05) is 12.5 Å². The fraction of sp³-hybridized carbons (Fsp3) is 0.833. The van der Waals surface area contributed by atoms with E-state index in [0.29, 0.717) is 19.4 Å². The predicted molar refractivity (Wildman–Crippen MR) is 32.1 cm³/mol. The topological polar surface area (TPSA) is 12.4 Å². The lowest BCUT2D eigenvalue weighted by atomic mass is 10.0. The molecule has 0 aliphatic carbocycles. The first-order chi connectivity index (χ1) is 4.30. The van der Waals surface area contributed by atoms with E-state index in [0.717, 1.165) is 0 Å². The second-order valence-electron chi connectivity index (χ2n) is 2.21. The number of hydrogen-bond donors (Lipinski definition) is 0. The number of rotatable bonds is 1. The molecule has 52 valence electrons. The van der Waals surface area contributed by atoms with Gasteiger partial charge in [-0.15, -0.1) is 0 Å². The van der Waals surface area contributed by atoms with Crippen molar-refractivity contribution in [3.8, 4) is 0 Å². The van der Waals surface area contributed by atoms with E-state index in [1.165, 1.54) is 0 Å². The summed E-state index contributed by atoms with van der Waals surface area (Å²) in [4.78, 5) is 3.85. The largest absolute Gasteiger partial charge is 0.298 e. The van der Waals surface area contributed by atoms with Gasteiger partial charge >= 0.3 is 0 Å². The van der Waals surface area contributed by atoms with Gasteiger partial charge in [0.05, 0.1) is 0 Å². The molecule has 0 spiro atoms. The molecule has 0 N–H and O–H groups in total. The van der Waals surface area contributed by atoms with Gasteiger partial charge in [0.2, 0.25) is 6.43 Å². The van der Waals surface area contributed by atoms with Crippen LogP contribution in [0.15, 0.2) is 4.99 Å². The van der Waals surface area contributed by atoms with Crippen LogP contribution in [0.25, 0.3) is 0 Å². The molecule has 1 aliphatic heterocycles. The highest BCUT2D eigenvalue weighted by molar-refractivity contribution is 5.58. The first-order valence-electron chi connectivity index (χ1n) is 3.07. The molecule has 0 saturated heterocycles. The Morgan fingerprint density at radius 2 is 2.33 bits per heavy atom. The molecule has 0 radical (unpaired) electrons. The van der Waals surface area contributed by atoms with E-state index in [2.05, 4.69) is 4.99 Å². The van der Waals surface area contributed by atoms with Crippen LogP contribution in [0.5, 0.6) is 0 Å². The Hall–Kier alpha value is -0.470. The van der Waals surface area contributed by atoms with Gasteiger partial charge < -0.3 is 0 Å². The van der Waals surface area contributed by atoms with E-state index in [1.54, 1.807) is 6.21 Å². The molecule has 0 bridgehead atoms. The van der Waals surface area contributed by atoms with Gasteiger partial charge in [-0.25, -0.2) is 8.78 Å². The molecule has 0 aromatic carbocycles. The van der Waals surface area contributed by atoms with Crippen LogP contribution in [0.2, 0.25) is 0 Å². The van der Waals surface area contributed by atoms with Crippen molar-refractivity contribution in [1.29, 1.82) is 0 Å². The van der Waals surface area contributed by atoms with Gasteiger partial charge in [-0.2, -0.15) is 0 Å². The van der Waals surface area contributed by atoms with E-state index in [-0.39, 0.29) is 0 Å². The molecule has 3 heteroatoms. The van der Waals surface area contributed by atoms with E-state index < -0.39 is 12.3 Å². The Morgan fingerprint density at radius 1 is 1.56 bits per heavy atom. The van der Waals surface area contributed by atoms with Crippen LogP contribution in [0.3, 0.4) is 0 Å². The lowest BCUT2D eigenvalue weighted by molar-refractivity contribution is 0.0760. The monoisotopic (exact) mass is 133 g/mol. The number of hydrogen-bond acceptors (Lipinski definition) is 1. The summed E-state index contributed by atoms with van der Waals surface area (Å²) in [6.45, 7) is 0.578. The fourth-order valence-electron chi connectivity index (χ4n) is 0.888. The summed E-state index contributed by atoms with van der Waals surface area (Å²) >= 11 is 0. The Bertz CT molecular complexity index is 112. The number of halogens is 2. The van der Waals surface area contributed by atoms with Crippen molar-refractivity contribution in [3.05, 3.63) is 0 Å². The van der Waals surface area contributed by atoms with Crippen molar-refractivity contribution < 1.29 is 8.78 Å².